The van der Waals surface area contributed by atoms with E-state index in [1.807, 2.05) is 37.3 Å². The van der Waals surface area contributed by atoms with Crippen LogP contribution in [0, 0.1) is 0 Å². The summed E-state index contributed by atoms with van der Waals surface area (Å²) in [5.74, 6) is -1.06. The standard InChI is InChI=1S/C18H20F3N7O/c1-4-22-17(29)23-13-10-14(27(3)11(2)12-8-6-5-7-9-12)26-28-15(13)24-25-16(28)18(19,20)21/h5-11H,4H2,1-3H3,(H2,22,23,29)/t11-/m0/s1. The van der Waals surface area contributed by atoms with Crippen molar-refractivity contribution in [3.63, 3.8) is 0 Å². The number of aromatic nitrogens is 4. The lowest BCUT2D eigenvalue weighted by Crippen LogP contribution is -2.29. The third-order valence-corrected chi connectivity index (χ3v) is 4.42. The highest BCUT2D eigenvalue weighted by molar-refractivity contribution is 5.93. The Labute approximate surface area is 164 Å². The summed E-state index contributed by atoms with van der Waals surface area (Å²) >= 11 is 0. The molecule has 3 rings (SSSR count). The normalized spacial score (nSPS) is 12.6. The van der Waals surface area contributed by atoms with Gasteiger partial charge in [-0.3, -0.25) is 0 Å². The number of anilines is 2. The van der Waals surface area contributed by atoms with Crippen molar-refractivity contribution in [2.45, 2.75) is 26.1 Å². The number of fused-ring (bicyclic) bond motifs is 1. The van der Waals surface area contributed by atoms with E-state index < -0.39 is 18.0 Å². The topological polar surface area (TPSA) is 87.5 Å². The van der Waals surface area contributed by atoms with E-state index in [2.05, 4.69) is 25.9 Å². The van der Waals surface area contributed by atoms with E-state index in [0.29, 0.717) is 11.1 Å². The molecule has 29 heavy (non-hydrogen) atoms. The highest BCUT2D eigenvalue weighted by atomic mass is 19.4. The Morgan fingerprint density at radius 1 is 1.24 bits per heavy atom. The molecular weight excluding hydrogens is 387 g/mol. The zero-order valence-corrected chi connectivity index (χ0v) is 16.0. The molecule has 0 bridgehead atoms. The van der Waals surface area contributed by atoms with Crippen molar-refractivity contribution in [2.75, 3.05) is 23.8 Å². The van der Waals surface area contributed by atoms with Crippen molar-refractivity contribution >= 4 is 23.2 Å². The van der Waals surface area contributed by atoms with Crippen LogP contribution in [-0.4, -0.2) is 39.4 Å². The van der Waals surface area contributed by atoms with Crippen molar-refractivity contribution in [3.8, 4) is 0 Å². The van der Waals surface area contributed by atoms with Gasteiger partial charge in [-0.1, -0.05) is 30.3 Å². The molecule has 1 aromatic carbocycles. The molecule has 2 heterocycles. The Morgan fingerprint density at radius 3 is 2.55 bits per heavy atom. The van der Waals surface area contributed by atoms with Gasteiger partial charge >= 0.3 is 12.2 Å². The molecule has 0 saturated carbocycles. The number of benzene rings is 1. The predicted molar refractivity (Wildman–Crippen MR) is 102 cm³/mol. The average molecular weight is 407 g/mol. The molecule has 0 unspecified atom stereocenters. The largest absolute Gasteiger partial charge is 0.453 e. The fourth-order valence-electron chi connectivity index (χ4n) is 2.79. The van der Waals surface area contributed by atoms with Gasteiger partial charge in [0.2, 0.25) is 5.65 Å². The smallest absolute Gasteiger partial charge is 0.351 e. The van der Waals surface area contributed by atoms with Crippen molar-refractivity contribution in [2.24, 2.45) is 0 Å². The first-order valence-electron chi connectivity index (χ1n) is 8.88. The summed E-state index contributed by atoms with van der Waals surface area (Å²) in [6.45, 7) is 3.97. The Kier molecular flexibility index (Phi) is 5.57. The molecule has 0 aliphatic heterocycles. The first kappa shape index (κ1) is 20.4. The molecule has 0 spiro atoms. The van der Waals surface area contributed by atoms with Gasteiger partial charge in [-0.25, -0.2) is 4.79 Å². The first-order chi connectivity index (χ1) is 13.7. The number of nitrogens with one attached hydrogen (secondary N) is 2. The third-order valence-electron chi connectivity index (χ3n) is 4.42. The van der Waals surface area contributed by atoms with E-state index in [9.17, 15) is 18.0 Å². The van der Waals surface area contributed by atoms with Gasteiger partial charge in [-0.15, -0.1) is 15.3 Å². The van der Waals surface area contributed by atoms with Crippen LogP contribution < -0.4 is 15.5 Å². The Balaban J connectivity index is 2.09. The van der Waals surface area contributed by atoms with Crippen LogP contribution in [-0.2, 0) is 6.18 Å². The summed E-state index contributed by atoms with van der Waals surface area (Å²) in [6.07, 6.45) is -4.75. The number of hydrogen-bond acceptors (Lipinski definition) is 5. The van der Waals surface area contributed by atoms with Crippen LogP contribution in [0.1, 0.15) is 31.3 Å². The van der Waals surface area contributed by atoms with Gasteiger partial charge in [0, 0.05) is 19.7 Å². The van der Waals surface area contributed by atoms with Crippen LogP contribution in [0.25, 0.3) is 5.65 Å². The SMILES string of the molecule is CCNC(=O)Nc1cc(N(C)[C@@H](C)c2ccccc2)nn2c(C(F)(F)F)nnc12. The highest BCUT2D eigenvalue weighted by Gasteiger charge is 2.38. The zero-order valence-electron chi connectivity index (χ0n) is 16.0. The lowest BCUT2D eigenvalue weighted by atomic mass is 10.1. The summed E-state index contributed by atoms with van der Waals surface area (Å²) in [5.41, 5.74) is 0.819. The Bertz CT molecular complexity index is 1000. The number of urea groups is 1. The fraction of sp³-hybridized carbons (Fsp3) is 0.333. The molecule has 0 aliphatic carbocycles. The number of alkyl halides is 3. The summed E-state index contributed by atoms with van der Waals surface area (Å²) in [4.78, 5) is 13.7. The van der Waals surface area contributed by atoms with Gasteiger partial charge in [-0.05, 0) is 19.4 Å². The molecule has 0 aliphatic rings. The second-order valence-electron chi connectivity index (χ2n) is 6.36. The van der Waals surface area contributed by atoms with Crippen molar-refractivity contribution in [3.05, 3.63) is 47.8 Å². The molecule has 2 amide bonds. The molecule has 2 aromatic heterocycles. The Morgan fingerprint density at radius 2 is 1.93 bits per heavy atom. The van der Waals surface area contributed by atoms with E-state index in [1.165, 1.54) is 6.07 Å². The molecular formula is C18H20F3N7O. The first-order valence-corrected chi connectivity index (χ1v) is 8.88. The van der Waals surface area contributed by atoms with Crippen LogP contribution in [0.4, 0.5) is 29.5 Å². The summed E-state index contributed by atoms with van der Waals surface area (Å²) in [6, 6.07) is 10.2. The third kappa shape index (κ3) is 4.23. The minimum Gasteiger partial charge on any atom is -0.351 e. The fourth-order valence-corrected chi connectivity index (χ4v) is 2.79. The van der Waals surface area contributed by atoms with E-state index in [0.717, 1.165) is 5.56 Å². The maximum absolute atomic E-state index is 13.3. The van der Waals surface area contributed by atoms with Gasteiger partial charge in [0.25, 0.3) is 5.82 Å². The monoisotopic (exact) mass is 407 g/mol. The second-order valence-corrected chi connectivity index (χ2v) is 6.36. The molecule has 8 nitrogen and oxygen atoms in total. The molecule has 0 saturated heterocycles. The quantitative estimate of drug-likeness (QED) is 0.676. The molecule has 2 N–H and O–H groups in total. The van der Waals surface area contributed by atoms with Crippen molar-refractivity contribution in [1.29, 1.82) is 0 Å². The van der Waals surface area contributed by atoms with Crippen LogP contribution in [0.5, 0.6) is 0 Å². The van der Waals surface area contributed by atoms with E-state index >= 15 is 0 Å². The molecule has 154 valence electrons. The lowest BCUT2D eigenvalue weighted by Gasteiger charge is -2.26. The van der Waals surface area contributed by atoms with E-state index in [4.69, 9.17) is 0 Å². The van der Waals surface area contributed by atoms with Crippen LogP contribution >= 0.6 is 0 Å². The molecule has 11 heteroatoms. The van der Waals surface area contributed by atoms with Crippen LogP contribution in [0.15, 0.2) is 36.4 Å². The number of nitrogens with zero attached hydrogens (tertiary/aromatic N) is 5. The van der Waals surface area contributed by atoms with E-state index in [-0.39, 0.29) is 23.2 Å². The number of carbonyl (C=O) groups is 1. The highest BCUT2D eigenvalue weighted by Crippen LogP contribution is 2.32. The minimum atomic E-state index is -4.75. The Hall–Kier alpha value is -3.37. The molecule has 0 radical (unpaired) electrons. The maximum atomic E-state index is 13.3. The average Bonchev–Trinajstić information content (AvgIpc) is 3.12. The van der Waals surface area contributed by atoms with Gasteiger partial charge in [-0.2, -0.15) is 17.7 Å². The molecule has 3 aromatic rings. The maximum Gasteiger partial charge on any atom is 0.453 e. The van der Waals surface area contributed by atoms with Crippen LogP contribution in [0.2, 0.25) is 0 Å². The van der Waals surface area contributed by atoms with Gasteiger partial charge in [0.1, 0.15) is 0 Å². The van der Waals surface area contributed by atoms with Crippen LogP contribution in [0.3, 0.4) is 0 Å². The lowest BCUT2D eigenvalue weighted by molar-refractivity contribution is -0.146. The predicted octanol–water partition coefficient (Wildman–Crippen LogP) is 3.48. The number of halogens is 3. The van der Waals surface area contributed by atoms with Gasteiger partial charge < -0.3 is 15.5 Å². The van der Waals surface area contributed by atoms with Gasteiger partial charge in [0.15, 0.2) is 5.82 Å². The summed E-state index contributed by atoms with van der Waals surface area (Å²) in [5, 5.41) is 15.9. The molecule has 1 atom stereocenters. The van der Waals surface area contributed by atoms with Crippen molar-refractivity contribution < 1.29 is 18.0 Å². The number of carbonyl (C=O) groups excluding carboxylic acids is 1. The number of rotatable bonds is 5. The minimum absolute atomic E-state index is 0.0658. The number of hydrogen-bond donors (Lipinski definition) is 2. The second kappa shape index (κ2) is 7.94. The summed E-state index contributed by atoms with van der Waals surface area (Å²) in [7, 11) is 1.71. The number of amides is 2. The van der Waals surface area contributed by atoms with Gasteiger partial charge in [0.05, 0.1) is 11.7 Å². The summed E-state index contributed by atoms with van der Waals surface area (Å²) < 4.78 is 40.6. The zero-order chi connectivity index (χ0) is 21.2. The van der Waals surface area contributed by atoms with E-state index in [1.54, 1.807) is 18.9 Å². The molecule has 0 fully saturated rings. The van der Waals surface area contributed by atoms with Crippen molar-refractivity contribution in [1.82, 2.24) is 25.1 Å².